The van der Waals surface area contributed by atoms with Crippen LogP contribution in [0.4, 0.5) is 0 Å². The van der Waals surface area contributed by atoms with Crippen molar-refractivity contribution in [3.8, 4) is 0 Å². The minimum atomic E-state index is -3.23. The number of aryl methyl sites for hydroxylation is 1. The van der Waals surface area contributed by atoms with Gasteiger partial charge in [-0.25, -0.2) is 18.4 Å². The highest BCUT2D eigenvalue weighted by Gasteiger charge is 2.38. The van der Waals surface area contributed by atoms with Gasteiger partial charge >= 0.3 is 0 Å². The second kappa shape index (κ2) is 4.93. The maximum absolute atomic E-state index is 12.3. The standard InChI is InChI=1S/C12H19N3O2S/c1-9(2)18(16,17)15-8-4-5-11(15)12-13-7-6-10(3)14-12/h6-7,9,11H,4-5,8H2,1-3H3. The number of hydrogen-bond donors (Lipinski definition) is 0. The molecule has 1 aromatic heterocycles. The van der Waals surface area contributed by atoms with Gasteiger partial charge in [0.15, 0.2) is 0 Å². The molecule has 0 radical (unpaired) electrons. The number of sulfonamides is 1. The molecule has 1 unspecified atom stereocenters. The highest BCUT2D eigenvalue weighted by atomic mass is 32.2. The van der Waals surface area contributed by atoms with Crippen molar-refractivity contribution in [1.82, 2.24) is 14.3 Å². The van der Waals surface area contributed by atoms with E-state index in [0.29, 0.717) is 12.4 Å². The van der Waals surface area contributed by atoms with E-state index in [0.717, 1.165) is 18.5 Å². The fraction of sp³-hybridized carbons (Fsp3) is 0.667. The molecule has 5 nitrogen and oxygen atoms in total. The molecule has 1 fully saturated rings. The minimum absolute atomic E-state index is 0.197. The molecule has 1 atom stereocenters. The van der Waals surface area contributed by atoms with Crippen molar-refractivity contribution in [1.29, 1.82) is 0 Å². The summed E-state index contributed by atoms with van der Waals surface area (Å²) in [5, 5.41) is -0.400. The van der Waals surface area contributed by atoms with Crippen LogP contribution in [-0.4, -0.2) is 34.5 Å². The zero-order valence-electron chi connectivity index (χ0n) is 11.0. The maximum Gasteiger partial charge on any atom is 0.217 e. The van der Waals surface area contributed by atoms with E-state index in [1.165, 1.54) is 0 Å². The summed E-state index contributed by atoms with van der Waals surface area (Å²) in [6, 6.07) is 1.62. The summed E-state index contributed by atoms with van der Waals surface area (Å²) in [4.78, 5) is 8.59. The van der Waals surface area contributed by atoms with E-state index in [1.54, 1.807) is 24.3 Å². The van der Waals surface area contributed by atoms with E-state index in [-0.39, 0.29) is 6.04 Å². The van der Waals surface area contributed by atoms with Crippen LogP contribution in [0.15, 0.2) is 12.3 Å². The van der Waals surface area contributed by atoms with Gasteiger partial charge in [0.2, 0.25) is 10.0 Å². The predicted molar refractivity (Wildman–Crippen MR) is 69.5 cm³/mol. The van der Waals surface area contributed by atoms with Gasteiger partial charge in [0.05, 0.1) is 11.3 Å². The lowest BCUT2D eigenvalue weighted by Gasteiger charge is -2.25. The zero-order chi connectivity index (χ0) is 13.3. The Balaban J connectivity index is 2.34. The molecule has 0 spiro atoms. The first kappa shape index (κ1) is 13.4. The van der Waals surface area contributed by atoms with Crippen LogP contribution in [0.1, 0.15) is 44.2 Å². The van der Waals surface area contributed by atoms with E-state index in [1.807, 2.05) is 13.0 Å². The minimum Gasteiger partial charge on any atom is -0.240 e. The highest BCUT2D eigenvalue weighted by Crippen LogP contribution is 2.33. The van der Waals surface area contributed by atoms with Gasteiger partial charge in [0, 0.05) is 18.4 Å². The first-order valence-electron chi connectivity index (χ1n) is 6.23. The van der Waals surface area contributed by atoms with Gasteiger partial charge in [0.1, 0.15) is 5.82 Å². The third kappa shape index (κ3) is 2.40. The molecule has 1 aliphatic rings. The molecule has 0 bridgehead atoms. The van der Waals surface area contributed by atoms with Gasteiger partial charge in [-0.2, -0.15) is 4.31 Å². The third-order valence-corrected chi connectivity index (χ3v) is 5.52. The molecule has 0 amide bonds. The fourth-order valence-electron chi connectivity index (χ4n) is 2.20. The molecule has 2 rings (SSSR count). The van der Waals surface area contributed by atoms with Crippen molar-refractivity contribution in [2.75, 3.05) is 6.54 Å². The van der Waals surface area contributed by atoms with Gasteiger partial charge in [-0.15, -0.1) is 0 Å². The van der Waals surface area contributed by atoms with Crippen LogP contribution >= 0.6 is 0 Å². The Bertz CT molecular complexity index is 528. The molecule has 1 aliphatic heterocycles. The molecule has 6 heteroatoms. The molecule has 18 heavy (non-hydrogen) atoms. The molecular formula is C12H19N3O2S. The van der Waals surface area contributed by atoms with E-state index in [2.05, 4.69) is 9.97 Å². The Morgan fingerprint density at radius 3 is 2.78 bits per heavy atom. The summed E-state index contributed by atoms with van der Waals surface area (Å²) in [5.41, 5.74) is 0.869. The molecule has 2 heterocycles. The van der Waals surface area contributed by atoms with Crippen molar-refractivity contribution in [3.63, 3.8) is 0 Å². The molecule has 1 aromatic rings. The van der Waals surface area contributed by atoms with E-state index >= 15 is 0 Å². The van der Waals surface area contributed by atoms with Crippen molar-refractivity contribution in [2.24, 2.45) is 0 Å². The highest BCUT2D eigenvalue weighted by molar-refractivity contribution is 7.89. The van der Waals surface area contributed by atoms with Gasteiger partial charge < -0.3 is 0 Å². The van der Waals surface area contributed by atoms with Crippen LogP contribution < -0.4 is 0 Å². The fourth-order valence-corrected chi connectivity index (χ4v) is 3.68. The van der Waals surface area contributed by atoms with Gasteiger partial charge in [0.25, 0.3) is 0 Å². The van der Waals surface area contributed by atoms with E-state index < -0.39 is 15.3 Å². The molecule has 0 saturated carbocycles. The molecular weight excluding hydrogens is 250 g/mol. The number of rotatable bonds is 3. The Morgan fingerprint density at radius 1 is 1.44 bits per heavy atom. The van der Waals surface area contributed by atoms with Crippen LogP contribution in [0.2, 0.25) is 0 Å². The Hall–Kier alpha value is -1.01. The predicted octanol–water partition coefficient (Wildman–Crippen LogP) is 1.66. The second-order valence-electron chi connectivity index (χ2n) is 4.92. The first-order chi connectivity index (χ1) is 8.43. The first-order valence-corrected chi connectivity index (χ1v) is 7.73. The quantitative estimate of drug-likeness (QED) is 0.837. The van der Waals surface area contributed by atoms with E-state index in [9.17, 15) is 8.42 Å². The maximum atomic E-state index is 12.3. The average Bonchev–Trinajstić information content (AvgIpc) is 2.78. The Morgan fingerprint density at radius 2 is 2.17 bits per heavy atom. The number of aromatic nitrogens is 2. The topological polar surface area (TPSA) is 63.2 Å². The lowest BCUT2D eigenvalue weighted by Crippen LogP contribution is -2.36. The Labute approximate surface area is 108 Å². The normalized spacial score (nSPS) is 21.7. The monoisotopic (exact) mass is 269 g/mol. The van der Waals surface area contributed by atoms with Crippen LogP contribution in [0.5, 0.6) is 0 Å². The zero-order valence-corrected chi connectivity index (χ0v) is 11.8. The lowest BCUT2D eigenvalue weighted by atomic mass is 10.2. The molecule has 0 N–H and O–H groups in total. The summed E-state index contributed by atoms with van der Waals surface area (Å²) >= 11 is 0. The average molecular weight is 269 g/mol. The van der Waals surface area contributed by atoms with Crippen molar-refractivity contribution < 1.29 is 8.42 Å². The van der Waals surface area contributed by atoms with Crippen molar-refractivity contribution in [2.45, 2.75) is 44.9 Å². The SMILES string of the molecule is Cc1ccnc(C2CCCN2S(=O)(=O)C(C)C)n1. The molecule has 1 saturated heterocycles. The second-order valence-corrected chi connectivity index (χ2v) is 7.36. The number of hydrogen-bond acceptors (Lipinski definition) is 4. The molecule has 100 valence electrons. The molecule has 0 aromatic carbocycles. The number of nitrogens with zero attached hydrogens (tertiary/aromatic N) is 3. The largest absolute Gasteiger partial charge is 0.240 e. The van der Waals surface area contributed by atoms with Crippen LogP contribution in [-0.2, 0) is 10.0 Å². The van der Waals surface area contributed by atoms with Gasteiger partial charge in [-0.3, -0.25) is 0 Å². The van der Waals surface area contributed by atoms with E-state index in [4.69, 9.17) is 0 Å². The third-order valence-electron chi connectivity index (χ3n) is 3.24. The van der Waals surface area contributed by atoms with Crippen LogP contribution in [0.3, 0.4) is 0 Å². The summed E-state index contributed by atoms with van der Waals surface area (Å²) in [7, 11) is -3.23. The van der Waals surface area contributed by atoms with Crippen LogP contribution in [0.25, 0.3) is 0 Å². The van der Waals surface area contributed by atoms with Gasteiger partial charge in [-0.05, 0) is 39.7 Å². The summed E-state index contributed by atoms with van der Waals surface area (Å²) in [6.45, 7) is 5.88. The van der Waals surface area contributed by atoms with Crippen molar-refractivity contribution >= 4 is 10.0 Å². The lowest BCUT2D eigenvalue weighted by molar-refractivity contribution is 0.378. The summed E-state index contributed by atoms with van der Waals surface area (Å²) in [5.74, 6) is 0.622. The Kier molecular flexibility index (Phi) is 3.68. The van der Waals surface area contributed by atoms with Crippen molar-refractivity contribution in [3.05, 3.63) is 23.8 Å². The summed E-state index contributed by atoms with van der Waals surface area (Å²) in [6.07, 6.45) is 3.36. The van der Waals surface area contributed by atoms with Gasteiger partial charge in [-0.1, -0.05) is 0 Å². The van der Waals surface area contributed by atoms with Crippen LogP contribution in [0, 0.1) is 6.92 Å². The smallest absolute Gasteiger partial charge is 0.217 e. The summed E-state index contributed by atoms with van der Waals surface area (Å²) < 4.78 is 26.1. The molecule has 0 aliphatic carbocycles.